The maximum Gasteiger partial charge on any atom is 0.329 e. The number of aromatic nitrogens is 2. The van der Waals surface area contributed by atoms with Crippen LogP contribution < -0.4 is 21.5 Å². The third-order valence-corrected chi connectivity index (χ3v) is 8.75. The lowest BCUT2D eigenvalue weighted by molar-refractivity contribution is -0.133. The molecule has 0 aliphatic heterocycles. The van der Waals surface area contributed by atoms with Gasteiger partial charge in [0.2, 0.25) is 10.0 Å². The standard InChI is InChI=1S/C24H24N4O7S2/c1-15-14-36-22-20(15)23(30)28(24(31)25-22)13-12-19(21(29)26-32)27(2)37(33,34)18-10-8-17(9-11-18)35-16-6-4-3-5-7-16/h3-11,14,19,32H,12-13H2,1-2H3,(H,25,31)(H,26,29). The molecular weight excluding hydrogens is 520 g/mol. The van der Waals surface area contributed by atoms with E-state index in [2.05, 4.69) is 4.98 Å². The number of hydrogen-bond acceptors (Lipinski definition) is 8. The van der Waals surface area contributed by atoms with Crippen LogP contribution in [0, 0.1) is 6.92 Å². The summed E-state index contributed by atoms with van der Waals surface area (Å²) in [6.07, 6.45) is -0.255. The van der Waals surface area contributed by atoms with Gasteiger partial charge in [0, 0.05) is 13.6 Å². The first-order valence-electron chi connectivity index (χ1n) is 11.1. The van der Waals surface area contributed by atoms with Gasteiger partial charge in [0.1, 0.15) is 22.4 Å². The predicted molar refractivity (Wildman–Crippen MR) is 138 cm³/mol. The van der Waals surface area contributed by atoms with E-state index in [0.29, 0.717) is 27.3 Å². The number of carbonyl (C=O) groups is 1. The number of aromatic amines is 1. The minimum Gasteiger partial charge on any atom is -0.457 e. The van der Waals surface area contributed by atoms with E-state index in [9.17, 15) is 28.0 Å². The van der Waals surface area contributed by atoms with Crippen LogP contribution >= 0.6 is 11.3 Å². The molecule has 11 nitrogen and oxygen atoms in total. The summed E-state index contributed by atoms with van der Waals surface area (Å²) in [5.74, 6) is -0.0153. The number of nitrogens with one attached hydrogen (secondary N) is 2. The summed E-state index contributed by atoms with van der Waals surface area (Å²) >= 11 is 1.23. The Morgan fingerprint density at radius 2 is 1.78 bits per heavy atom. The lowest BCUT2D eigenvalue weighted by atomic mass is 10.2. The molecule has 0 saturated carbocycles. The molecule has 1 atom stereocenters. The lowest BCUT2D eigenvalue weighted by Gasteiger charge is -2.26. The summed E-state index contributed by atoms with van der Waals surface area (Å²) in [5.41, 5.74) is 0.943. The van der Waals surface area contributed by atoms with Crippen LogP contribution in [0.1, 0.15) is 12.0 Å². The highest BCUT2D eigenvalue weighted by molar-refractivity contribution is 7.89. The number of thiophene rings is 1. The first-order chi connectivity index (χ1) is 17.6. The van der Waals surface area contributed by atoms with Gasteiger partial charge in [0.25, 0.3) is 11.5 Å². The molecule has 194 valence electrons. The Balaban J connectivity index is 1.57. The third-order valence-electron chi connectivity index (χ3n) is 5.86. The number of nitrogens with zero attached hydrogens (tertiary/aromatic N) is 2. The second-order valence-electron chi connectivity index (χ2n) is 8.20. The number of fused-ring (bicyclic) bond motifs is 1. The van der Waals surface area contributed by atoms with E-state index in [0.717, 1.165) is 8.87 Å². The highest BCUT2D eigenvalue weighted by Crippen LogP contribution is 2.25. The molecule has 3 N–H and O–H groups in total. The number of sulfonamides is 1. The van der Waals surface area contributed by atoms with Crippen molar-refractivity contribution in [2.45, 2.75) is 30.8 Å². The monoisotopic (exact) mass is 544 g/mol. The topological polar surface area (TPSA) is 151 Å². The highest BCUT2D eigenvalue weighted by Gasteiger charge is 2.33. The largest absolute Gasteiger partial charge is 0.457 e. The van der Waals surface area contributed by atoms with Gasteiger partial charge in [-0.2, -0.15) is 4.31 Å². The van der Waals surface area contributed by atoms with Crippen molar-refractivity contribution in [3.05, 3.63) is 86.4 Å². The second-order valence-corrected chi connectivity index (χ2v) is 11.1. The van der Waals surface area contributed by atoms with Gasteiger partial charge in [-0.3, -0.25) is 24.3 Å². The van der Waals surface area contributed by atoms with E-state index in [1.54, 1.807) is 36.6 Å². The molecule has 0 aliphatic carbocycles. The van der Waals surface area contributed by atoms with Gasteiger partial charge in [-0.25, -0.2) is 18.7 Å². The number of carbonyl (C=O) groups excluding carboxylic acids is 1. The smallest absolute Gasteiger partial charge is 0.329 e. The zero-order valence-corrected chi connectivity index (χ0v) is 21.5. The molecule has 1 unspecified atom stereocenters. The molecule has 0 spiro atoms. The Hall–Kier alpha value is -3.78. The van der Waals surface area contributed by atoms with Crippen LogP contribution in [-0.4, -0.2) is 46.5 Å². The van der Waals surface area contributed by atoms with Gasteiger partial charge < -0.3 is 4.74 Å². The quantitative estimate of drug-likeness (QED) is 0.216. The second kappa shape index (κ2) is 10.7. The number of H-pyrrole nitrogens is 1. The molecule has 37 heavy (non-hydrogen) atoms. The number of amides is 1. The molecule has 4 aromatic rings. The summed E-state index contributed by atoms with van der Waals surface area (Å²) in [4.78, 5) is 40.8. The Morgan fingerprint density at radius 1 is 1.14 bits per heavy atom. The molecule has 13 heteroatoms. The van der Waals surface area contributed by atoms with E-state index in [-0.39, 0.29) is 17.9 Å². The van der Waals surface area contributed by atoms with E-state index >= 15 is 0 Å². The minimum absolute atomic E-state index is 0.114. The molecule has 2 aromatic heterocycles. The highest BCUT2D eigenvalue weighted by atomic mass is 32.2. The van der Waals surface area contributed by atoms with Crippen molar-refractivity contribution in [1.82, 2.24) is 19.3 Å². The van der Waals surface area contributed by atoms with Crippen molar-refractivity contribution < 1.29 is 23.2 Å². The normalized spacial score (nSPS) is 12.5. The van der Waals surface area contributed by atoms with Gasteiger partial charge in [-0.05, 0) is 60.7 Å². The number of likely N-dealkylation sites (N-methyl/N-ethyl adjacent to an activating group) is 1. The van der Waals surface area contributed by atoms with E-state index in [1.165, 1.54) is 48.1 Å². The Labute approximate surface area is 215 Å². The van der Waals surface area contributed by atoms with Gasteiger partial charge in [-0.15, -0.1) is 11.3 Å². The number of hydrogen-bond donors (Lipinski definition) is 3. The zero-order chi connectivity index (χ0) is 26.7. The van der Waals surface area contributed by atoms with Crippen LogP contribution in [0.3, 0.4) is 0 Å². The van der Waals surface area contributed by atoms with Gasteiger partial charge >= 0.3 is 5.69 Å². The number of hydroxylamine groups is 1. The Morgan fingerprint density at radius 3 is 2.43 bits per heavy atom. The van der Waals surface area contributed by atoms with Crippen molar-refractivity contribution in [1.29, 1.82) is 0 Å². The molecule has 4 rings (SSSR count). The fourth-order valence-corrected chi connectivity index (χ4v) is 6.11. The van der Waals surface area contributed by atoms with Crippen LogP contribution in [0.2, 0.25) is 0 Å². The summed E-state index contributed by atoms with van der Waals surface area (Å²) in [5, 5.41) is 11.3. The molecule has 0 saturated heterocycles. The van der Waals surface area contributed by atoms with Crippen molar-refractivity contribution in [3.63, 3.8) is 0 Å². The number of benzene rings is 2. The number of aryl methyl sites for hydroxylation is 1. The van der Waals surface area contributed by atoms with Crippen molar-refractivity contribution in [3.8, 4) is 11.5 Å². The fraction of sp³-hybridized carbons (Fsp3) is 0.208. The SMILES string of the molecule is Cc1csc2[nH]c(=O)n(CCC(C(=O)NO)N(C)S(=O)(=O)c3ccc(Oc4ccccc4)cc3)c(=O)c12. The summed E-state index contributed by atoms with van der Waals surface area (Å²) in [6, 6.07) is 13.2. The first kappa shape index (κ1) is 26.3. The molecular formula is C24H24N4O7S2. The Kier molecular flexibility index (Phi) is 7.59. The van der Waals surface area contributed by atoms with Crippen molar-refractivity contribution in [2.24, 2.45) is 0 Å². The fourth-order valence-electron chi connectivity index (χ4n) is 3.84. The average molecular weight is 545 g/mol. The summed E-state index contributed by atoms with van der Waals surface area (Å²) in [6.45, 7) is 1.47. The van der Waals surface area contributed by atoms with Gasteiger partial charge in [0.15, 0.2) is 0 Å². The number of para-hydroxylation sites is 1. The first-order valence-corrected chi connectivity index (χ1v) is 13.4. The van der Waals surface area contributed by atoms with Crippen molar-refractivity contribution in [2.75, 3.05) is 7.05 Å². The van der Waals surface area contributed by atoms with Gasteiger partial charge in [0.05, 0.1) is 10.3 Å². The molecule has 0 fully saturated rings. The average Bonchev–Trinajstić information content (AvgIpc) is 3.26. The molecule has 0 aliphatic rings. The third kappa shape index (κ3) is 5.34. The zero-order valence-electron chi connectivity index (χ0n) is 19.9. The van der Waals surface area contributed by atoms with Crippen LogP contribution in [0.4, 0.5) is 0 Å². The molecule has 0 radical (unpaired) electrons. The molecule has 2 aromatic carbocycles. The molecule has 2 heterocycles. The van der Waals surface area contributed by atoms with Crippen LogP contribution in [-0.2, 0) is 21.4 Å². The van der Waals surface area contributed by atoms with Crippen molar-refractivity contribution >= 4 is 37.5 Å². The van der Waals surface area contributed by atoms with E-state index < -0.39 is 33.2 Å². The molecule has 0 bridgehead atoms. The van der Waals surface area contributed by atoms with Crippen LogP contribution in [0.25, 0.3) is 10.2 Å². The predicted octanol–water partition coefficient (Wildman–Crippen LogP) is 2.44. The minimum atomic E-state index is -4.21. The maximum atomic E-state index is 13.3. The Bertz CT molecular complexity index is 1640. The summed E-state index contributed by atoms with van der Waals surface area (Å²) in [7, 11) is -3.02. The molecule has 1 amide bonds. The number of ether oxygens (including phenoxy) is 1. The number of rotatable bonds is 9. The summed E-state index contributed by atoms with van der Waals surface area (Å²) < 4.78 is 34.0. The van der Waals surface area contributed by atoms with Crippen LogP contribution in [0.5, 0.6) is 11.5 Å². The van der Waals surface area contributed by atoms with Crippen LogP contribution in [0.15, 0.2) is 74.5 Å². The lowest BCUT2D eigenvalue weighted by Crippen LogP contribution is -2.48. The van der Waals surface area contributed by atoms with E-state index in [1.807, 2.05) is 6.07 Å². The van der Waals surface area contributed by atoms with Gasteiger partial charge in [-0.1, -0.05) is 18.2 Å². The maximum absolute atomic E-state index is 13.3. The van der Waals surface area contributed by atoms with E-state index in [4.69, 9.17) is 4.74 Å².